The van der Waals surface area contributed by atoms with Crippen molar-refractivity contribution in [3.05, 3.63) is 95.5 Å². The lowest BCUT2D eigenvalue weighted by Crippen LogP contribution is -2.38. The molecule has 0 radical (unpaired) electrons. The fourth-order valence-corrected chi connectivity index (χ4v) is 4.89. The summed E-state index contributed by atoms with van der Waals surface area (Å²) in [6, 6.07) is 17.8. The van der Waals surface area contributed by atoms with E-state index in [2.05, 4.69) is 45.0 Å². The van der Waals surface area contributed by atoms with E-state index in [0.717, 1.165) is 35.3 Å². The number of likely N-dealkylation sites (tertiary alicyclic amines) is 1. The van der Waals surface area contributed by atoms with Crippen molar-refractivity contribution in [2.24, 2.45) is 0 Å². The molecule has 0 unspecified atom stereocenters. The number of piperidine rings is 1. The van der Waals surface area contributed by atoms with Crippen molar-refractivity contribution in [1.29, 1.82) is 0 Å². The molecule has 39 heavy (non-hydrogen) atoms. The topological polar surface area (TPSA) is 100 Å². The van der Waals surface area contributed by atoms with Crippen molar-refractivity contribution in [3.63, 3.8) is 0 Å². The number of nitrogens with one attached hydrogen (secondary N) is 2. The van der Waals surface area contributed by atoms with Gasteiger partial charge < -0.3 is 20.1 Å². The second kappa shape index (κ2) is 11.5. The van der Waals surface area contributed by atoms with Gasteiger partial charge in [0.15, 0.2) is 0 Å². The Morgan fingerprint density at radius 1 is 0.949 bits per heavy atom. The Labute approximate surface area is 228 Å². The third kappa shape index (κ3) is 6.17. The lowest BCUT2D eigenvalue weighted by atomic mass is 9.88. The molecule has 1 aliphatic heterocycles. The minimum absolute atomic E-state index is 0.0162. The standard InChI is InChI=1S/C31H33N5O3/c1-20(2)34-29-11-10-26(17-32-29)30(37)35-28-16-25(5-4-21(28)3)31(38)36-14-12-24(13-15-36)22-6-8-23(9-7-22)27-18-33-39-19-27/h4-11,16-20,24H,12-15H2,1-3H3,(H,32,34)(H,35,37). The summed E-state index contributed by atoms with van der Waals surface area (Å²) in [6.45, 7) is 7.35. The number of hydrogen-bond donors (Lipinski definition) is 2. The molecule has 5 rings (SSSR count). The number of carbonyl (C=O) groups is 2. The fraction of sp³-hybridized carbons (Fsp3) is 0.290. The Balaban J connectivity index is 1.20. The summed E-state index contributed by atoms with van der Waals surface area (Å²) < 4.78 is 4.94. The number of nitrogens with zero attached hydrogens (tertiary/aromatic N) is 3. The normalized spacial score (nSPS) is 13.9. The minimum atomic E-state index is -0.262. The number of carbonyl (C=O) groups excluding carboxylic acids is 2. The van der Waals surface area contributed by atoms with Crippen LogP contribution in [0.4, 0.5) is 11.5 Å². The van der Waals surface area contributed by atoms with Crippen molar-refractivity contribution in [2.45, 2.75) is 45.6 Å². The Bertz CT molecular complexity index is 1420. The summed E-state index contributed by atoms with van der Waals surface area (Å²) in [6.07, 6.45) is 6.71. The third-order valence-corrected chi connectivity index (χ3v) is 7.12. The second-order valence-corrected chi connectivity index (χ2v) is 10.3. The van der Waals surface area contributed by atoms with Gasteiger partial charge in [0.1, 0.15) is 12.1 Å². The molecule has 0 atom stereocenters. The van der Waals surface area contributed by atoms with Crippen molar-refractivity contribution in [1.82, 2.24) is 15.0 Å². The van der Waals surface area contributed by atoms with E-state index >= 15 is 0 Å². The zero-order valence-corrected chi connectivity index (χ0v) is 22.5. The van der Waals surface area contributed by atoms with Gasteiger partial charge in [-0.1, -0.05) is 35.5 Å². The first kappa shape index (κ1) is 26.2. The van der Waals surface area contributed by atoms with E-state index in [1.165, 1.54) is 5.56 Å². The number of aromatic nitrogens is 2. The number of amides is 2. The van der Waals surface area contributed by atoms with Gasteiger partial charge in [-0.15, -0.1) is 0 Å². The van der Waals surface area contributed by atoms with E-state index in [9.17, 15) is 9.59 Å². The Kier molecular flexibility index (Phi) is 7.72. The molecule has 2 aromatic heterocycles. The summed E-state index contributed by atoms with van der Waals surface area (Å²) in [5.74, 6) is 0.854. The molecule has 8 heteroatoms. The van der Waals surface area contributed by atoms with Crippen molar-refractivity contribution >= 4 is 23.3 Å². The Morgan fingerprint density at radius 3 is 2.33 bits per heavy atom. The smallest absolute Gasteiger partial charge is 0.257 e. The molecule has 1 saturated heterocycles. The summed E-state index contributed by atoms with van der Waals surface area (Å²) >= 11 is 0. The van der Waals surface area contributed by atoms with Gasteiger partial charge in [-0.2, -0.15) is 0 Å². The van der Waals surface area contributed by atoms with Crippen molar-refractivity contribution in [2.75, 3.05) is 23.7 Å². The van der Waals surface area contributed by atoms with Crippen LogP contribution in [0.1, 0.15) is 64.4 Å². The van der Waals surface area contributed by atoms with E-state index in [4.69, 9.17) is 4.52 Å². The first-order valence-electron chi connectivity index (χ1n) is 13.3. The molecule has 4 aromatic rings. The maximum Gasteiger partial charge on any atom is 0.257 e. The van der Waals surface area contributed by atoms with Gasteiger partial charge in [-0.3, -0.25) is 9.59 Å². The lowest BCUT2D eigenvalue weighted by Gasteiger charge is -2.32. The molecule has 2 N–H and O–H groups in total. The number of aryl methyl sites for hydroxylation is 1. The largest absolute Gasteiger partial charge is 0.368 e. The van der Waals surface area contributed by atoms with Gasteiger partial charge in [0.2, 0.25) is 0 Å². The molecular formula is C31H33N5O3. The molecule has 0 aliphatic carbocycles. The maximum absolute atomic E-state index is 13.3. The van der Waals surface area contributed by atoms with Crippen LogP contribution in [0.3, 0.4) is 0 Å². The molecule has 0 bridgehead atoms. The minimum Gasteiger partial charge on any atom is -0.368 e. The Morgan fingerprint density at radius 2 is 1.69 bits per heavy atom. The highest BCUT2D eigenvalue weighted by atomic mass is 16.5. The van der Waals surface area contributed by atoms with E-state index < -0.39 is 0 Å². The molecule has 2 amide bonds. The second-order valence-electron chi connectivity index (χ2n) is 10.3. The van der Waals surface area contributed by atoms with Crippen LogP contribution in [0, 0.1) is 6.92 Å². The van der Waals surface area contributed by atoms with E-state index in [1.807, 2.05) is 37.8 Å². The molecule has 2 aromatic carbocycles. The Hall–Kier alpha value is -4.46. The first-order chi connectivity index (χ1) is 18.9. The van der Waals surface area contributed by atoms with Gasteiger partial charge in [-0.05, 0) is 80.5 Å². The number of hydrogen-bond acceptors (Lipinski definition) is 6. The van der Waals surface area contributed by atoms with Gasteiger partial charge in [0.05, 0.1) is 11.8 Å². The van der Waals surface area contributed by atoms with Crippen LogP contribution >= 0.6 is 0 Å². The predicted octanol–water partition coefficient (Wildman–Crippen LogP) is 6.14. The monoisotopic (exact) mass is 523 g/mol. The van der Waals surface area contributed by atoms with Gasteiger partial charge in [0, 0.05) is 42.1 Å². The van der Waals surface area contributed by atoms with Gasteiger partial charge in [0.25, 0.3) is 11.8 Å². The fourth-order valence-electron chi connectivity index (χ4n) is 4.89. The SMILES string of the molecule is Cc1ccc(C(=O)N2CCC(c3ccc(-c4cnoc4)cc3)CC2)cc1NC(=O)c1ccc(NC(C)C)nc1. The predicted molar refractivity (Wildman–Crippen MR) is 152 cm³/mol. The number of rotatable bonds is 7. The van der Waals surface area contributed by atoms with E-state index in [-0.39, 0.29) is 17.9 Å². The zero-order chi connectivity index (χ0) is 27.4. The zero-order valence-electron chi connectivity index (χ0n) is 22.5. The highest BCUT2D eigenvalue weighted by Gasteiger charge is 2.25. The molecule has 1 aliphatic rings. The molecular weight excluding hydrogens is 490 g/mol. The highest BCUT2D eigenvalue weighted by molar-refractivity contribution is 6.05. The molecule has 0 spiro atoms. The summed E-state index contributed by atoms with van der Waals surface area (Å²) in [7, 11) is 0. The van der Waals surface area contributed by atoms with Crippen molar-refractivity contribution in [3.8, 4) is 11.1 Å². The maximum atomic E-state index is 13.3. The van der Waals surface area contributed by atoms with Crippen LogP contribution in [0.2, 0.25) is 0 Å². The van der Waals surface area contributed by atoms with Crippen LogP contribution in [0.5, 0.6) is 0 Å². The van der Waals surface area contributed by atoms with E-state index in [0.29, 0.717) is 35.8 Å². The molecule has 1 fully saturated rings. The summed E-state index contributed by atoms with van der Waals surface area (Å²) in [4.78, 5) is 32.4. The molecule has 3 heterocycles. The average molecular weight is 524 g/mol. The summed E-state index contributed by atoms with van der Waals surface area (Å²) in [5, 5.41) is 9.93. The lowest BCUT2D eigenvalue weighted by molar-refractivity contribution is 0.0712. The molecule has 200 valence electrons. The summed E-state index contributed by atoms with van der Waals surface area (Å²) in [5.41, 5.74) is 5.86. The van der Waals surface area contributed by atoms with Crippen LogP contribution in [0.15, 0.2) is 77.8 Å². The van der Waals surface area contributed by atoms with Crippen LogP contribution in [-0.2, 0) is 0 Å². The van der Waals surface area contributed by atoms with Crippen LogP contribution in [-0.4, -0.2) is 46.0 Å². The van der Waals surface area contributed by atoms with E-state index in [1.54, 1.807) is 36.9 Å². The average Bonchev–Trinajstić information content (AvgIpc) is 3.49. The van der Waals surface area contributed by atoms with Crippen LogP contribution < -0.4 is 10.6 Å². The number of pyridine rings is 1. The number of benzene rings is 2. The highest BCUT2D eigenvalue weighted by Crippen LogP contribution is 2.31. The van der Waals surface area contributed by atoms with Gasteiger partial charge >= 0.3 is 0 Å². The third-order valence-electron chi connectivity index (χ3n) is 7.12. The van der Waals surface area contributed by atoms with Crippen LogP contribution in [0.25, 0.3) is 11.1 Å². The molecule has 8 nitrogen and oxygen atoms in total. The number of anilines is 2. The first-order valence-corrected chi connectivity index (χ1v) is 13.3. The van der Waals surface area contributed by atoms with Gasteiger partial charge in [-0.25, -0.2) is 4.98 Å². The molecule has 0 saturated carbocycles. The van der Waals surface area contributed by atoms with Crippen molar-refractivity contribution < 1.29 is 14.1 Å². The quantitative estimate of drug-likeness (QED) is 0.302.